The average molecular weight is 466 g/mol. The summed E-state index contributed by atoms with van der Waals surface area (Å²) in [6.45, 7) is 2.14. The molecule has 0 bridgehead atoms. The Morgan fingerprint density at radius 1 is 1.33 bits per heavy atom. The number of carbonyl (C=O) groups excluding carboxylic acids is 1. The number of aliphatic hydroxyl groups excluding tert-OH is 1. The standard InChI is InChI=1S/C21H23N9O2S/c1-11-7-18(33-28-11)23-20(32)16-8-13(31)10-29(16)21-24-19(15-3-2-6-30(15)27-21)22-17-9-14(25-26-17)12-4-5-12/h2-3,6-7,9,12-13,16,31H,4-5,8,10H2,1H3,(H,23,32)(H2,22,24,25,26,27)/t13-,16-/m0/s1. The molecule has 11 nitrogen and oxygen atoms in total. The number of fused-ring (bicyclic) bond motifs is 1. The SMILES string of the molecule is Cc1cc(NC(=O)[C@@H]2C[C@H](O)CN2c2nc(Nc3cc(C4CC4)[nH]n3)c3cccn3n2)sn1. The van der Waals surface area contributed by atoms with Gasteiger partial charge in [0.2, 0.25) is 11.9 Å². The lowest BCUT2D eigenvalue weighted by molar-refractivity contribution is -0.117. The minimum absolute atomic E-state index is 0.220. The van der Waals surface area contributed by atoms with E-state index in [0.717, 1.165) is 16.9 Å². The lowest BCUT2D eigenvalue weighted by Gasteiger charge is -2.23. The number of carbonyl (C=O) groups is 1. The van der Waals surface area contributed by atoms with Crippen LogP contribution in [0.3, 0.4) is 0 Å². The first kappa shape index (κ1) is 20.1. The molecule has 12 heteroatoms. The molecule has 33 heavy (non-hydrogen) atoms. The number of nitrogens with one attached hydrogen (secondary N) is 3. The highest BCUT2D eigenvalue weighted by atomic mass is 32.1. The van der Waals surface area contributed by atoms with E-state index in [-0.39, 0.29) is 12.5 Å². The van der Waals surface area contributed by atoms with Gasteiger partial charge in [0.1, 0.15) is 16.6 Å². The van der Waals surface area contributed by atoms with Gasteiger partial charge in [-0.25, -0.2) is 4.52 Å². The maximum Gasteiger partial charge on any atom is 0.247 e. The van der Waals surface area contributed by atoms with E-state index in [1.807, 2.05) is 37.4 Å². The number of β-amino-alcohol motifs (C(OH)–C–C–N with tert-alkyl or cyclic N) is 1. The lowest BCUT2D eigenvalue weighted by Crippen LogP contribution is -2.40. The summed E-state index contributed by atoms with van der Waals surface area (Å²) in [5.74, 6) is 1.96. The first-order valence-corrected chi connectivity index (χ1v) is 11.7. The fourth-order valence-corrected chi connectivity index (χ4v) is 4.84. The molecular weight excluding hydrogens is 442 g/mol. The molecule has 0 aromatic carbocycles. The Morgan fingerprint density at radius 3 is 3.00 bits per heavy atom. The van der Waals surface area contributed by atoms with E-state index in [1.165, 1.54) is 24.4 Å². The Labute approximate surface area is 193 Å². The molecule has 1 amide bonds. The van der Waals surface area contributed by atoms with Crippen LogP contribution in [-0.4, -0.2) is 58.9 Å². The molecule has 4 aromatic rings. The number of nitrogens with zero attached hydrogens (tertiary/aromatic N) is 6. The first-order chi connectivity index (χ1) is 16.0. The molecule has 1 saturated heterocycles. The molecule has 0 radical (unpaired) electrons. The van der Waals surface area contributed by atoms with Crippen LogP contribution in [0.5, 0.6) is 0 Å². The number of rotatable bonds is 6. The minimum Gasteiger partial charge on any atom is -0.391 e. The van der Waals surface area contributed by atoms with Crippen molar-refractivity contribution < 1.29 is 9.90 Å². The van der Waals surface area contributed by atoms with Crippen molar-refractivity contribution in [3.05, 3.63) is 41.9 Å². The van der Waals surface area contributed by atoms with E-state index >= 15 is 0 Å². The van der Waals surface area contributed by atoms with Crippen molar-refractivity contribution in [2.45, 2.75) is 44.2 Å². The summed E-state index contributed by atoms with van der Waals surface area (Å²) < 4.78 is 5.92. The van der Waals surface area contributed by atoms with Gasteiger partial charge in [0.25, 0.3) is 0 Å². The molecule has 1 aliphatic heterocycles. The lowest BCUT2D eigenvalue weighted by atomic mass is 10.2. The Balaban J connectivity index is 1.30. The third-order valence-corrected chi connectivity index (χ3v) is 6.75. The molecule has 4 N–H and O–H groups in total. The van der Waals surface area contributed by atoms with Crippen LogP contribution in [0.4, 0.5) is 22.6 Å². The second-order valence-electron chi connectivity index (χ2n) is 8.59. The summed E-state index contributed by atoms with van der Waals surface area (Å²) in [6.07, 6.45) is 3.84. The van der Waals surface area contributed by atoms with Gasteiger partial charge in [-0.1, -0.05) is 0 Å². The van der Waals surface area contributed by atoms with Crippen LogP contribution in [-0.2, 0) is 4.79 Å². The molecular formula is C21H23N9O2S. The van der Waals surface area contributed by atoms with Crippen molar-refractivity contribution >= 4 is 45.5 Å². The van der Waals surface area contributed by atoms with Gasteiger partial charge in [0.15, 0.2) is 11.6 Å². The molecule has 2 atom stereocenters. The normalized spacial score (nSPS) is 20.5. The van der Waals surface area contributed by atoms with Crippen LogP contribution in [0.25, 0.3) is 5.52 Å². The van der Waals surface area contributed by atoms with Gasteiger partial charge in [-0.2, -0.15) is 14.5 Å². The highest BCUT2D eigenvalue weighted by Gasteiger charge is 2.38. The predicted molar refractivity (Wildman–Crippen MR) is 124 cm³/mol. The second kappa shape index (κ2) is 7.81. The molecule has 2 fully saturated rings. The fourth-order valence-electron chi connectivity index (χ4n) is 4.17. The Kier molecular flexibility index (Phi) is 4.76. The molecule has 4 aromatic heterocycles. The topological polar surface area (TPSA) is 136 Å². The van der Waals surface area contributed by atoms with E-state index in [0.29, 0.717) is 34.9 Å². The van der Waals surface area contributed by atoms with Gasteiger partial charge in [-0.15, -0.1) is 5.10 Å². The first-order valence-electron chi connectivity index (χ1n) is 10.9. The third-order valence-electron chi connectivity index (χ3n) is 5.95. The number of amides is 1. The average Bonchev–Trinajstić information content (AvgIpc) is 3.17. The summed E-state index contributed by atoms with van der Waals surface area (Å²) in [6, 6.07) is 7.02. The maximum absolute atomic E-state index is 13.0. The van der Waals surface area contributed by atoms with Gasteiger partial charge >= 0.3 is 0 Å². The number of aromatic nitrogens is 6. The van der Waals surface area contributed by atoms with E-state index in [1.54, 1.807) is 9.42 Å². The Bertz CT molecular complexity index is 1320. The quantitative estimate of drug-likeness (QED) is 0.341. The predicted octanol–water partition coefficient (Wildman–Crippen LogP) is 2.42. The van der Waals surface area contributed by atoms with E-state index in [2.05, 4.69) is 30.3 Å². The maximum atomic E-state index is 13.0. The summed E-state index contributed by atoms with van der Waals surface area (Å²) in [7, 11) is 0. The monoisotopic (exact) mass is 465 g/mol. The number of H-pyrrole nitrogens is 1. The fraction of sp³-hybridized carbons (Fsp3) is 0.381. The van der Waals surface area contributed by atoms with Crippen LogP contribution in [0.15, 0.2) is 30.5 Å². The molecule has 0 spiro atoms. The van der Waals surface area contributed by atoms with Crippen LogP contribution >= 0.6 is 11.5 Å². The Morgan fingerprint density at radius 2 is 2.21 bits per heavy atom. The van der Waals surface area contributed by atoms with Crippen LogP contribution in [0.2, 0.25) is 0 Å². The van der Waals surface area contributed by atoms with Gasteiger partial charge in [-0.05, 0) is 49.5 Å². The van der Waals surface area contributed by atoms with Crippen LogP contribution < -0.4 is 15.5 Å². The zero-order valence-electron chi connectivity index (χ0n) is 17.9. The summed E-state index contributed by atoms with van der Waals surface area (Å²) in [4.78, 5) is 19.5. The molecule has 5 heterocycles. The number of hydrogen-bond acceptors (Lipinski definition) is 9. The van der Waals surface area contributed by atoms with Gasteiger partial charge in [0, 0.05) is 36.8 Å². The number of hydrogen-bond donors (Lipinski definition) is 4. The number of anilines is 4. The van der Waals surface area contributed by atoms with E-state index in [9.17, 15) is 9.90 Å². The minimum atomic E-state index is -0.656. The molecule has 2 aliphatic rings. The van der Waals surface area contributed by atoms with Crippen molar-refractivity contribution in [1.29, 1.82) is 0 Å². The largest absolute Gasteiger partial charge is 0.391 e. The summed E-state index contributed by atoms with van der Waals surface area (Å²) >= 11 is 1.23. The highest BCUT2D eigenvalue weighted by molar-refractivity contribution is 7.10. The van der Waals surface area contributed by atoms with E-state index in [4.69, 9.17) is 4.98 Å². The number of aromatic amines is 1. The van der Waals surface area contributed by atoms with Crippen molar-refractivity contribution in [1.82, 2.24) is 29.2 Å². The molecule has 1 saturated carbocycles. The number of aliphatic hydroxyl groups is 1. The zero-order valence-corrected chi connectivity index (χ0v) is 18.7. The van der Waals surface area contributed by atoms with E-state index < -0.39 is 12.1 Å². The second-order valence-corrected chi connectivity index (χ2v) is 9.39. The highest BCUT2D eigenvalue weighted by Crippen LogP contribution is 2.39. The molecule has 6 rings (SSSR count). The van der Waals surface area contributed by atoms with Gasteiger partial charge in [-0.3, -0.25) is 9.89 Å². The smallest absolute Gasteiger partial charge is 0.247 e. The molecule has 170 valence electrons. The summed E-state index contributed by atoms with van der Waals surface area (Å²) in [5.41, 5.74) is 2.76. The summed E-state index contributed by atoms with van der Waals surface area (Å²) in [5, 5.41) is 29.3. The van der Waals surface area contributed by atoms with Crippen LogP contribution in [0.1, 0.15) is 36.6 Å². The van der Waals surface area contributed by atoms with Crippen LogP contribution in [0, 0.1) is 6.92 Å². The molecule has 1 aliphatic carbocycles. The van der Waals surface area contributed by atoms with Gasteiger partial charge < -0.3 is 20.6 Å². The van der Waals surface area contributed by atoms with Crippen molar-refractivity contribution in [2.24, 2.45) is 0 Å². The van der Waals surface area contributed by atoms with Crippen molar-refractivity contribution in [3.8, 4) is 0 Å². The van der Waals surface area contributed by atoms with Gasteiger partial charge in [0.05, 0.1) is 11.8 Å². The van der Waals surface area contributed by atoms with Crippen molar-refractivity contribution in [3.63, 3.8) is 0 Å². The third kappa shape index (κ3) is 3.91. The molecule has 0 unspecified atom stereocenters. The number of aryl methyl sites for hydroxylation is 1. The Hall–Kier alpha value is -3.51. The zero-order chi connectivity index (χ0) is 22.5. The van der Waals surface area contributed by atoms with Crippen molar-refractivity contribution in [2.75, 3.05) is 22.1 Å².